The summed E-state index contributed by atoms with van der Waals surface area (Å²) in [5.41, 5.74) is 6.50. The van der Waals surface area contributed by atoms with Crippen LogP contribution in [0.5, 0.6) is 0 Å². The van der Waals surface area contributed by atoms with Gasteiger partial charge in [-0.05, 0) is 13.0 Å². The van der Waals surface area contributed by atoms with Crippen molar-refractivity contribution >= 4 is 0 Å². The van der Waals surface area contributed by atoms with E-state index in [0.29, 0.717) is 24.0 Å². The number of aromatic nitrogens is 4. The Kier molecular flexibility index (Phi) is 2.47. The minimum atomic E-state index is 0.337. The Morgan fingerprint density at radius 2 is 2.13 bits per heavy atom. The van der Waals surface area contributed by atoms with Crippen molar-refractivity contribution in [3.63, 3.8) is 0 Å². The summed E-state index contributed by atoms with van der Waals surface area (Å²) in [6.07, 6.45) is 3.92. The van der Waals surface area contributed by atoms with Crippen LogP contribution in [0.3, 0.4) is 0 Å². The van der Waals surface area contributed by atoms with Crippen LogP contribution in [0.4, 0.5) is 0 Å². The van der Waals surface area contributed by atoms with E-state index in [0.717, 1.165) is 5.56 Å². The molecule has 0 saturated heterocycles. The molecule has 15 heavy (non-hydrogen) atoms. The molecule has 0 bridgehead atoms. The molecule has 0 saturated carbocycles. The maximum atomic E-state index is 5.51. The molecule has 78 valence electrons. The first-order valence-corrected chi connectivity index (χ1v) is 4.73. The van der Waals surface area contributed by atoms with E-state index in [1.807, 2.05) is 37.0 Å². The van der Waals surface area contributed by atoms with Gasteiger partial charge in [0.25, 0.3) is 0 Å². The molecule has 0 fully saturated rings. The van der Waals surface area contributed by atoms with Gasteiger partial charge in [-0.1, -0.05) is 0 Å². The van der Waals surface area contributed by atoms with Gasteiger partial charge in [0, 0.05) is 25.0 Å². The zero-order chi connectivity index (χ0) is 10.8. The third kappa shape index (κ3) is 2.02. The third-order valence-corrected chi connectivity index (χ3v) is 2.07. The van der Waals surface area contributed by atoms with Crippen LogP contribution in [-0.4, -0.2) is 19.5 Å². The Morgan fingerprint density at radius 3 is 2.73 bits per heavy atom. The fraction of sp³-hybridized carbons (Fsp3) is 0.300. The largest absolute Gasteiger partial charge is 0.357 e. The molecule has 5 nitrogen and oxygen atoms in total. The smallest absolute Gasteiger partial charge is 0.164 e. The van der Waals surface area contributed by atoms with Crippen molar-refractivity contribution in [3.8, 4) is 11.4 Å². The van der Waals surface area contributed by atoms with E-state index in [1.54, 1.807) is 0 Å². The average molecular weight is 203 g/mol. The lowest BCUT2D eigenvalue weighted by Crippen LogP contribution is -2.07. The molecule has 0 aliphatic rings. The Balaban J connectivity index is 2.48. The first-order chi connectivity index (χ1) is 7.19. The number of hydrogen-bond donors (Lipinski definition) is 1. The quantitative estimate of drug-likeness (QED) is 0.777. The molecule has 0 spiro atoms. The second kappa shape index (κ2) is 3.78. The number of aryl methyl sites for hydroxylation is 2. The standard InChI is InChI=1S/C10H13N5/c1-7-12-9(5-11)14-10(13-7)8-3-4-15(2)6-8/h3-4,6H,5,11H2,1-2H3. The lowest BCUT2D eigenvalue weighted by Gasteiger charge is -2.01. The van der Waals surface area contributed by atoms with Crippen molar-refractivity contribution < 1.29 is 0 Å². The highest BCUT2D eigenvalue weighted by atomic mass is 15.0. The minimum Gasteiger partial charge on any atom is -0.357 e. The molecule has 0 aromatic carbocycles. The third-order valence-electron chi connectivity index (χ3n) is 2.07. The van der Waals surface area contributed by atoms with Gasteiger partial charge in [-0.25, -0.2) is 15.0 Å². The van der Waals surface area contributed by atoms with Crippen LogP contribution in [0.25, 0.3) is 11.4 Å². The molecule has 0 atom stereocenters. The van der Waals surface area contributed by atoms with Crippen molar-refractivity contribution in [2.24, 2.45) is 12.8 Å². The predicted octanol–water partition coefficient (Wildman–Crippen LogP) is 0.644. The van der Waals surface area contributed by atoms with Gasteiger partial charge < -0.3 is 10.3 Å². The number of hydrogen-bond acceptors (Lipinski definition) is 4. The number of nitrogens with zero attached hydrogens (tertiary/aromatic N) is 4. The summed E-state index contributed by atoms with van der Waals surface area (Å²) in [5, 5.41) is 0. The van der Waals surface area contributed by atoms with E-state index in [1.165, 1.54) is 0 Å². The van der Waals surface area contributed by atoms with Crippen LogP contribution in [0, 0.1) is 6.92 Å². The normalized spacial score (nSPS) is 10.6. The van der Waals surface area contributed by atoms with Crippen molar-refractivity contribution in [1.29, 1.82) is 0 Å². The maximum Gasteiger partial charge on any atom is 0.164 e. The van der Waals surface area contributed by atoms with Gasteiger partial charge in [-0.2, -0.15) is 0 Å². The van der Waals surface area contributed by atoms with E-state index in [-0.39, 0.29) is 0 Å². The zero-order valence-corrected chi connectivity index (χ0v) is 8.81. The molecule has 2 rings (SSSR count). The lowest BCUT2D eigenvalue weighted by atomic mass is 10.3. The summed E-state index contributed by atoms with van der Waals surface area (Å²) in [6, 6.07) is 1.97. The molecule has 2 heterocycles. The highest BCUT2D eigenvalue weighted by Crippen LogP contribution is 2.14. The molecule has 2 aromatic heterocycles. The van der Waals surface area contributed by atoms with Crippen molar-refractivity contribution in [2.75, 3.05) is 0 Å². The van der Waals surface area contributed by atoms with Gasteiger partial charge in [0.2, 0.25) is 0 Å². The van der Waals surface area contributed by atoms with Crippen LogP contribution in [0.2, 0.25) is 0 Å². The van der Waals surface area contributed by atoms with Gasteiger partial charge >= 0.3 is 0 Å². The minimum absolute atomic E-state index is 0.337. The van der Waals surface area contributed by atoms with Gasteiger partial charge in [-0.3, -0.25) is 0 Å². The van der Waals surface area contributed by atoms with Crippen molar-refractivity contribution in [3.05, 3.63) is 30.1 Å². The summed E-state index contributed by atoms with van der Waals surface area (Å²) in [6.45, 7) is 2.18. The molecule has 0 aliphatic carbocycles. The number of nitrogens with two attached hydrogens (primary N) is 1. The fourth-order valence-electron chi connectivity index (χ4n) is 1.39. The molecular weight excluding hydrogens is 190 g/mol. The number of rotatable bonds is 2. The first-order valence-electron chi connectivity index (χ1n) is 4.73. The highest BCUT2D eigenvalue weighted by molar-refractivity contribution is 5.53. The molecule has 0 aliphatic heterocycles. The van der Waals surface area contributed by atoms with Crippen LogP contribution in [0.15, 0.2) is 18.5 Å². The second-order valence-electron chi connectivity index (χ2n) is 3.39. The maximum absolute atomic E-state index is 5.51. The first kappa shape index (κ1) is 9.79. The molecule has 0 amide bonds. The SMILES string of the molecule is Cc1nc(CN)nc(-c2ccn(C)c2)n1. The summed E-state index contributed by atoms with van der Waals surface area (Å²) < 4.78 is 1.95. The molecule has 0 radical (unpaired) electrons. The van der Waals surface area contributed by atoms with Crippen molar-refractivity contribution in [2.45, 2.75) is 13.5 Å². The highest BCUT2D eigenvalue weighted by Gasteiger charge is 2.05. The summed E-state index contributed by atoms with van der Waals surface area (Å²) in [5.74, 6) is 2.01. The van der Waals surface area contributed by atoms with E-state index in [9.17, 15) is 0 Å². The van der Waals surface area contributed by atoms with E-state index in [4.69, 9.17) is 5.73 Å². The Labute approximate surface area is 88.0 Å². The summed E-state index contributed by atoms with van der Waals surface area (Å²) in [4.78, 5) is 12.7. The molecule has 5 heteroatoms. The van der Waals surface area contributed by atoms with E-state index >= 15 is 0 Å². The molecule has 0 unspecified atom stereocenters. The Bertz CT molecular complexity index is 474. The van der Waals surface area contributed by atoms with Crippen LogP contribution >= 0.6 is 0 Å². The predicted molar refractivity (Wildman–Crippen MR) is 56.9 cm³/mol. The zero-order valence-electron chi connectivity index (χ0n) is 8.81. The second-order valence-corrected chi connectivity index (χ2v) is 3.39. The molecule has 2 N–H and O–H groups in total. The monoisotopic (exact) mass is 203 g/mol. The lowest BCUT2D eigenvalue weighted by molar-refractivity contribution is 0.850. The van der Waals surface area contributed by atoms with E-state index in [2.05, 4.69) is 15.0 Å². The van der Waals surface area contributed by atoms with Crippen LogP contribution < -0.4 is 5.73 Å². The summed E-state index contributed by atoms with van der Waals surface area (Å²) >= 11 is 0. The van der Waals surface area contributed by atoms with Crippen LogP contribution in [-0.2, 0) is 13.6 Å². The Hall–Kier alpha value is -1.75. The molecule has 2 aromatic rings. The van der Waals surface area contributed by atoms with Crippen molar-refractivity contribution in [1.82, 2.24) is 19.5 Å². The topological polar surface area (TPSA) is 69.6 Å². The Morgan fingerprint density at radius 1 is 1.33 bits per heavy atom. The van der Waals surface area contributed by atoms with E-state index < -0.39 is 0 Å². The molecular formula is C10H13N5. The van der Waals surface area contributed by atoms with Crippen LogP contribution in [0.1, 0.15) is 11.6 Å². The van der Waals surface area contributed by atoms with Gasteiger partial charge in [-0.15, -0.1) is 0 Å². The van der Waals surface area contributed by atoms with Gasteiger partial charge in [0.05, 0.1) is 6.54 Å². The average Bonchev–Trinajstić information content (AvgIpc) is 2.64. The van der Waals surface area contributed by atoms with Gasteiger partial charge in [0.15, 0.2) is 5.82 Å². The summed E-state index contributed by atoms with van der Waals surface area (Å²) in [7, 11) is 1.96. The van der Waals surface area contributed by atoms with Gasteiger partial charge in [0.1, 0.15) is 11.6 Å². The fourth-order valence-corrected chi connectivity index (χ4v) is 1.39.